The number of ether oxygens (including phenoxy) is 1. The second-order valence-electron chi connectivity index (χ2n) is 6.75. The number of hydrogen-bond donors (Lipinski definition) is 1. The molecular formula is C18H26ClNO2. The van der Waals surface area contributed by atoms with Crippen LogP contribution in [0.25, 0.3) is 0 Å². The van der Waals surface area contributed by atoms with Crippen molar-refractivity contribution >= 4 is 17.5 Å². The highest BCUT2D eigenvalue weighted by atomic mass is 35.5. The van der Waals surface area contributed by atoms with Gasteiger partial charge in [0, 0.05) is 29.7 Å². The molecule has 1 fully saturated rings. The van der Waals surface area contributed by atoms with Crippen molar-refractivity contribution in [3.8, 4) is 0 Å². The second kappa shape index (κ2) is 7.47. The zero-order valence-electron chi connectivity index (χ0n) is 13.7. The van der Waals surface area contributed by atoms with Crippen LogP contribution in [0.15, 0.2) is 24.3 Å². The second-order valence-corrected chi connectivity index (χ2v) is 7.19. The van der Waals surface area contributed by atoms with Gasteiger partial charge in [0.05, 0.1) is 0 Å². The van der Waals surface area contributed by atoms with Crippen molar-refractivity contribution in [2.75, 3.05) is 13.2 Å². The largest absolute Gasteiger partial charge is 0.381 e. The minimum atomic E-state index is -0.261. The van der Waals surface area contributed by atoms with E-state index in [2.05, 4.69) is 26.1 Å². The van der Waals surface area contributed by atoms with Crippen molar-refractivity contribution in [2.45, 2.75) is 45.6 Å². The summed E-state index contributed by atoms with van der Waals surface area (Å²) in [5.41, 5.74) is 0.927. The number of hydrogen-bond acceptors (Lipinski definition) is 2. The van der Waals surface area contributed by atoms with E-state index in [0.29, 0.717) is 19.1 Å². The van der Waals surface area contributed by atoms with Crippen LogP contribution in [0.2, 0.25) is 5.02 Å². The van der Waals surface area contributed by atoms with E-state index >= 15 is 0 Å². The van der Waals surface area contributed by atoms with Gasteiger partial charge in [-0.05, 0) is 49.8 Å². The Bertz CT molecular complexity index is 494. The molecule has 1 saturated heterocycles. The average molecular weight is 324 g/mol. The fourth-order valence-electron chi connectivity index (χ4n) is 2.76. The number of carbonyl (C=O) groups is 1. The number of amides is 1. The SMILES string of the molecule is CC(C)[C@](C)(Cc1ccc(Cl)cc1)NC(=O)C1CCOCC1. The molecule has 4 heteroatoms. The number of nitrogens with one attached hydrogen (secondary N) is 1. The first kappa shape index (κ1) is 17.3. The molecule has 22 heavy (non-hydrogen) atoms. The molecule has 1 aromatic rings. The third kappa shape index (κ3) is 4.47. The highest BCUT2D eigenvalue weighted by Crippen LogP contribution is 2.25. The fourth-order valence-corrected chi connectivity index (χ4v) is 2.89. The first-order valence-corrected chi connectivity index (χ1v) is 8.43. The van der Waals surface area contributed by atoms with Gasteiger partial charge in [-0.1, -0.05) is 37.6 Å². The molecule has 0 spiro atoms. The number of rotatable bonds is 5. The maximum absolute atomic E-state index is 12.6. The van der Waals surface area contributed by atoms with Gasteiger partial charge in [-0.3, -0.25) is 4.79 Å². The summed E-state index contributed by atoms with van der Waals surface area (Å²) < 4.78 is 5.34. The smallest absolute Gasteiger partial charge is 0.223 e. The Hall–Kier alpha value is -1.06. The summed E-state index contributed by atoms with van der Waals surface area (Å²) in [7, 11) is 0. The quantitative estimate of drug-likeness (QED) is 0.894. The molecule has 0 aromatic heterocycles. The minimum Gasteiger partial charge on any atom is -0.381 e. The summed E-state index contributed by atoms with van der Waals surface area (Å²) in [5.74, 6) is 0.581. The lowest BCUT2D eigenvalue weighted by Crippen LogP contribution is -2.53. The predicted octanol–water partition coefficient (Wildman–Crippen LogP) is 3.84. The zero-order valence-corrected chi connectivity index (χ0v) is 14.5. The van der Waals surface area contributed by atoms with E-state index in [9.17, 15) is 4.79 Å². The summed E-state index contributed by atoms with van der Waals surface area (Å²) in [6.07, 6.45) is 2.44. The van der Waals surface area contributed by atoms with Crippen LogP contribution in [-0.4, -0.2) is 24.7 Å². The molecule has 3 nitrogen and oxygen atoms in total. The molecule has 0 saturated carbocycles. The Morgan fingerprint density at radius 2 is 1.91 bits per heavy atom. The van der Waals surface area contributed by atoms with Gasteiger partial charge < -0.3 is 10.1 Å². The Morgan fingerprint density at radius 3 is 2.45 bits per heavy atom. The van der Waals surface area contributed by atoms with Crippen LogP contribution in [0.1, 0.15) is 39.2 Å². The molecule has 1 atom stereocenters. The van der Waals surface area contributed by atoms with Gasteiger partial charge in [0.1, 0.15) is 0 Å². The molecule has 1 heterocycles. The Balaban J connectivity index is 2.06. The van der Waals surface area contributed by atoms with Gasteiger partial charge in [0.2, 0.25) is 5.91 Å². The van der Waals surface area contributed by atoms with Crippen LogP contribution in [0.3, 0.4) is 0 Å². The highest BCUT2D eigenvalue weighted by molar-refractivity contribution is 6.30. The molecule has 0 unspecified atom stereocenters. The van der Waals surface area contributed by atoms with Crippen molar-refractivity contribution in [1.29, 1.82) is 0 Å². The molecule has 0 aliphatic carbocycles. The number of carbonyl (C=O) groups excluding carboxylic acids is 1. The summed E-state index contributed by atoms with van der Waals surface area (Å²) in [6.45, 7) is 7.81. The monoisotopic (exact) mass is 323 g/mol. The van der Waals surface area contributed by atoms with Crippen LogP contribution in [0, 0.1) is 11.8 Å². The number of halogens is 1. The molecule has 1 N–H and O–H groups in total. The first-order chi connectivity index (χ1) is 10.4. The standard InChI is InChI=1S/C18H26ClNO2/c1-13(2)18(3,12-14-4-6-16(19)7-5-14)20-17(21)15-8-10-22-11-9-15/h4-7,13,15H,8-12H2,1-3H3,(H,20,21)/t18-/m0/s1. The molecule has 2 rings (SSSR count). The van der Waals surface area contributed by atoms with Gasteiger partial charge in [0.15, 0.2) is 0 Å². The summed E-state index contributed by atoms with van der Waals surface area (Å²) in [6, 6.07) is 7.86. The lowest BCUT2D eigenvalue weighted by molar-refractivity contribution is -0.130. The van der Waals surface area contributed by atoms with E-state index in [1.807, 2.05) is 24.3 Å². The fraction of sp³-hybridized carbons (Fsp3) is 0.611. The normalized spacial score (nSPS) is 19.0. The van der Waals surface area contributed by atoms with Gasteiger partial charge in [-0.15, -0.1) is 0 Å². The topological polar surface area (TPSA) is 38.3 Å². The van der Waals surface area contributed by atoms with Crippen molar-refractivity contribution in [3.05, 3.63) is 34.9 Å². The third-order valence-corrected chi connectivity index (χ3v) is 5.01. The minimum absolute atomic E-state index is 0.0806. The molecule has 1 aliphatic heterocycles. The molecular weight excluding hydrogens is 298 g/mol. The van der Waals surface area contributed by atoms with E-state index in [-0.39, 0.29) is 17.4 Å². The van der Waals surface area contributed by atoms with E-state index < -0.39 is 0 Å². The summed E-state index contributed by atoms with van der Waals surface area (Å²) in [5, 5.41) is 4.04. The van der Waals surface area contributed by atoms with Gasteiger partial charge in [-0.2, -0.15) is 0 Å². The molecule has 0 bridgehead atoms. The zero-order chi connectivity index (χ0) is 16.2. The van der Waals surface area contributed by atoms with Gasteiger partial charge in [-0.25, -0.2) is 0 Å². The molecule has 1 aliphatic rings. The third-order valence-electron chi connectivity index (χ3n) is 4.76. The van der Waals surface area contributed by atoms with E-state index in [4.69, 9.17) is 16.3 Å². The number of benzene rings is 1. The lowest BCUT2D eigenvalue weighted by atomic mass is 9.81. The summed E-state index contributed by atoms with van der Waals surface area (Å²) in [4.78, 5) is 12.6. The average Bonchev–Trinajstić information content (AvgIpc) is 2.50. The first-order valence-electron chi connectivity index (χ1n) is 8.05. The summed E-state index contributed by atoms with van der Waals surface area (Å²) >= 11 is 5.95. The van der Waals surface area contributed by atoms with Crippen molar-refractivity contribution in [1.82, 2.24) is 5.32 Å². The van der Waals surface area contributed by atoms with E-state index in [1.54, 1.807) is 0 Å². The van der Waals surface area contributed by atoms with Crippen molar-refractivity contribution in [3.63, 3.8) is 0 Å². The van der Waals surface area contributed by atoms with Crippen LogP contribution in [0.5, 0.6) is 0 Å². The molecule has 1 amide bonds. The van der Waals surface area contributed by atoms with E-state index in [0.717, 1.165) is 24.3 Å². The van der Waals surface area contributed by atoms with Crippen molar-refractivity contribution in [2.24, 2.45) is 11.8 Å². The van der Waals surface area contributed by atoms with Crippen LogP contribution < -0.4 is 5.32 Å². The Labute approximate surface area is 138 Å². The Morgan fingerprint density at radius 1 is 1.32 bits per heavy atom. The maximum Gasteiger partial charge on any atom is 0.223 e. The van der Waals surface area contributed by atoms with Gasteiger partial charge in [0.25, 0.3) is 0 Å². The van der Waals surface area contributed by atoms with Crippen LogP contribution in [-0.2, 0) is 16.0 Å². The highest BCUT2D eigenvalue weighted by Gasteiger charge is 2.33. The van der Waals surface area contributed by atoms with Crippen LogP contribution in [0.4, 0.5) is 0 Å². The van der Waals surface area contributed by atoms with E-state index in [1.165, 1.54) is 5.56 Å². The molecule has 0 radical (unpaired) electrons. The van der Waals surface area contributed by atoms with Crippen LogP contribution >= 0.6 is 11.6 Å². The molecule has 122 valence electrons. The lowest BCUT2D eigenvalue weighted by Gasteiger charge is -2.37. The van der Waals surface area contributed by atoms with Crippen molar-refractivity contribution < 1.29 is 9.53 Å². The molecule has 1 aromatic carbocycles. The predicted molar refractivity (Wildman–Crippen MR) is 90.1 cm³/mol. The Kier molecular flexibility index (Phi) is 5.87. The van der Waals surface area contributed by atoms with Gasteiger partial charge >= 0.3 is 0 Å². The maximum atomic E-state index is 12.6.